The van der Waals surface area contributed by atoms with E-state index in [4.69, 9.17) is 0 Å². The summed E-state index contributed by atoms with van der Waals surface area (Å²) in [6, 6.07) is 6.32. The van der Waals surface area contributed by atoms with Crippen molar-refractivity contribution in [3.8, 4) is 0 Å². The van der Waals surface area contributed by atoms with E-state index in [2.05, 4.69) is 35.7 Å². The average Bonchev–Trinajstić information content (AvgIpc) is 3.51. The van der Waals surface area contributed by atoms with E-state index < -0.39 is 5.82 Å². The van der Waals surface area contributed by atoms with E-state index in [0.29, 0.717) is 34.2 Å². The molecule has 9 nitrogen and oxygen atoms in total. The predicted octanol–water partition coefficient (Wildman–Crippen LogP) is 3.56. The third-order valence-corrected chi connectivity index (χ3v) is 5.66. The minimum absolute atomic E-state index is 0.141. The molecule has 0 aliphatic heterocycles. The minimum Gasteiger partial charge on any atom is -0.347 e. The Morgan fingerprint density at radius 2 is 2.09 bits per heavy atom. The molecule has 3 heterocycles. The number of aryl methyl sites for hydroxylation is 1. The third-order valence-electron chi connectivity index (χ3n) is 5.66. The monoisotopic (exact) mass is 434 g/mol. The second kappa shape index (κ2) is 8.37. The first-order valence-electron chi connectivity index (χ1n) is 10.6. The van der Waals surface area contributed by atoms with Crippen molar-refractivity contribution in [1.82, 2.24) is 35.0 Å². The van der Waals surface area contributed by atoms with Gasteiger partial charge in [-0.25, -0.2) is 19.3 Å². The van der Waals surface area contributed by atoms with E-state index in [1.165, 1.54) is 31.3 Å². The number of hydrogen-bond acceptors (Lipinski definition) is 6. The molecule has 5 rings (SSSR count). The lowest BCUT2D eigenvalue weighted by Crippen LogP contribution is -2.24. The maximum Gasteiger partial charge on any atom is 0.272 e. The highest BCUT2D eigenvalue weighted by molar-refractivity contribution is 6.02. The molecule has 1 saturated carbocycles. The normalized spacial score (nSPS) is 14.2. The highest BCUT2D eigenvalue weighted by atomic mass is 19.1. The average molecular weight is 434 g/mol. The van der Waals surface area contributed by atoms with Crippen molar-refractivity contribution >= 4 is 28.6 Å². The van der Waals surface area contributed by atoms with Gasteiger partial charge in [0.25, 0.3) is 5.91 Å². The number of fused-ring (bicyclic) bond motifs is 1. The molecule has 0 atom stereocenters. The predicted molar refractivity (Wildman–Crippen MR) is 117 cm³/mol. The van der Waals surface area contributed by atoms with Gasteiger partial charge in [-0.3, -0.25) is 9.48 Å². The Hall–Kier alpha value is -3.82. The van der Waals surface area contributed by atoms with Crippen LogP contribution in [0.15, 0.2) is 36.8 Å². The zero-order valence-electron chi connectivity index (χ0n) is 17.6. The molecule has 1 aliphatic carbocycles. The molecule has 4 aromatic rings. The lowest BCUT2D eigenvalue weighted by atomic mass is 10.1. The number of nitrogens with one attached hydrogen (secondary N) is 3. The fraction of sp³-hybridized carbons (Fsp3) is 0.318. The van der Waals surface area contributed by atoms with E-state index in [9.17, 15) is 9.18 Å². The summed E-state index contributed by atoms with van der Waals surface area (Å²) >= 11 is 0. The highest BCUT2D eigenvalue weighted by Gasteiger charge is 2.23. The Labute approximate surface area is 183 Å². The molecule has 1 fully saturated rings. The molecule has 164 valence electrons. The van der Waals surface area contributed by atoms with Crippen LogP contribution in [0.5, 0.6) is 0 Å². The summed E-state index contributed by atoms with van der Waals surface area (Å²) in [6.45, 7) is 0.141. The number of rotatable bonds is 6. The van der Waals surface area contributed by atoms with Crippen molar-refractivity contribution in [2.45, 2.75) is 38.1 Å². The molecule has 0 radical (unpaired) electrons. The number of hydrogen-bond donors (Lipinski definition) is 3. The van der Waals surface area contributed by atoms with Gasteiger partial charge in [-0.2, -0.15) is 5.10 Å². The maximum absolute atomic E-state index is 14.1. The van der Waals surface area contributed by atoms with Crippen LogP contribution in [0.4, 0.5) is 15.9 Å². The van der Waals surface area contributed by atoms with Gasteiger partial charge in [-0.05, 0) is 36.6 Å². The van der Waals surface area contributed by atoms with Crippen LogP contribution in [-0.2, 0) is 13.6 Å². The molecule has 1 aromatic carbocycles. The smallest absolute Gasteiger partial charge is 0.272 e. The van der Waals surface area contributed by atoms with Crippen LogP contribution in [-0.4, -0.2) is 35.6 Å². The van der Waals surface area contributed by atoms with Crippen molar-refractivity contribution in [3.63, 3.8) is 0 Å². The molecule has 0 unspecified atom stereocenters. The number of halogens is 1. The van der Waals surface area contributed by atoms with Gasteiger partial charge in [0.2, 0.25) is 0 Å². The van der Waals surface area contributed by atoms with Crippen LogP contribution in [0.2, 0.25) is 0 Å². The number of nitrogens with zero attached hydrogens (tertiary/aromatic N) is 5. The lowest BCUT2D eigenvalue weighted by Gasteiger charge is -2.09. The van der Waals surface area contributed by atoms with E-state index in [1.807, 2.05) is 0 Å². The van der Waals surface area contributed by atoms with Crippen LogP contribution in [0, 0.1) is 5.82 Å². The third kappa shape index (κ3) is 4.16. The first-order chi connectivity index (χ1) is 15.5. The minimum atomic E-state index is -0.408. The lowest BCUT2D eigenvalue weighted by molar-refractivity contribution is 0.0947. The molecule has 32 heavy (non-hydrogen) atoms. The Morgan fingerprint density at radius 3 is 2.88 bits per heavy atom. The van der Waals surface area contributed by atoms with Gasteiger partial charge in [0.15, 0.2) is 17.2 Å². The van der Waals surface area contributed by atoms with Gasteiger partial charge in [0, 0.05) is 37.5 Å². The van der Waals surface area contributed by atoms with Crippen LogP contribution >= 0.6 is 0 Å². The number of carbonyl (C=O) groups excluding carboxylic acids is 1. The van der Waals surface area contributed by atoms with Gasteiger partial charge < -0.3 is 15.6 Å². The van der Waals surface area contributed by atoms with Gasteiger partial charge in [-0.15, -0.1) is 0 Å². The van der Waals surface area contributed by atoms with E-state index in [1.54, 1.807) is 30.1 Å². The highest BCUT2D eigenvalue weighted by Crippen LogP contribution is 2.33. The summed E-state index contributed by atoms with van der Waals surface area (Å²) in [4.78, 5) is 29.0. The molecular formula is C22H23FN8O. The second-order valence-corrected chi connectivity index (χ2v) is 8.05. The maximum atomic E-state index is 14.1. The fourth-order valence-corrected chi connectivity index (χ4v) is 4.13. The number of aromatic amines is 1. The van der Waals surface area contributed by atoms with Crippen LogP contribution in [0.3, 0.4) is 0 Å². The van der Waals surface area contributed by atoms with Crippen molar-refractivity contribution in [2.75, 3.05) is 5.32 Å². The van der Waals surface area contributed by atoms with Gasteiger partial charge in [0.1, 0.15) is 23.5 Å². The number of amides is 1. The largest absolute Gasteiger partial charge is 0.347 e. The molecule has 0 saturated heterocycles. The van der Waals surface area contributed by atoms with Gasteiger partial charge >= 0.3 is 0 Å². The first kappa shape index (κ1) is 20.1. The van der Waals surface area contributed by atoms with E-state index >= 15 is 0 Å². The first-order valence-corrected chi connectivity index (χ1v) is 10.6. The Bertz CT molecular complexity index is 1270. The number of imidazole rings is 1. The van der Waals surface area contributed by atoms with Gasteiger partial charge in [-0.1, -0.05) is 12.8 Å². The number of H-pyrrole nitrogens is 1. The summed E-state index contributed by atoms with van der Waals surface area (Å²) in [7, 11) is 1.80. The SMILES string of the molecule is Cn1ccc(Nc2cc(F)cc(CNC(=O)c3ncnc4nc(C5CCCC5)[nH]c34)c2)n1. The fourth-order valence-electron chi connectivity index (χ4n) is 4.13. The summed E-state index contributed by atoms with van der Waals surface area (Å²) in [5.74, 6) is 1.06. The number of anilines is 2. The van der Waals surface area contributed by atoms with E-state index in [-0.39, 0.29) is 18.1 Å². The number of carbonyl (C=O) groups is 1. The van der Waals surface area contributed by atoms with Gasteiger partial charge in [0.05, 0.1) is 0 Å². The molecule has 3 N–H and O–H groups in total. The number of aromatic nitrogens is 6. The second-order valence-electron chi connectivity index (χ2n) is 8.05. The molecule has 3 aromatic heterocycles. The molecule has 0 bridgehead atoms. The zero-order chi connectivity index (χ0) is 22.1. The summed E-state index contributed by atoms with van der Waals surface area (Å²) in [5.41, 5.74) is 2.41. The van der Waals surface area contributed by atoms with Crippen molar-refractivity contribution < 1.29 is 9.18 Å². The topological polar surface area (TPSA) is 113 Å². The summed E-state index contributed by atoms with van der Waals surface area (Å²) in [6.07, 6.45) is 7.68. The molecule has 1 amide bonds. The number of benzene rings is 1. The summed E-state index contributed by atoms with van der Waals surface area (Å²) < 4.78 is 15.8. The Balaban J connectivity index is 1.32. The molecule has 10 heteroatoms. The Morgan fingerprint density at radius 1 is 1.25 bits per heavy atom. The standard InChI is InChI=1S/C22H23FN8O/c1-31-7-6-17(30-31)27-16-9-13(8-15(23)10-16)11-24-22(32)19-18-21(26-12-25-19)29-20(28-18)14-4-2-3-5-14/h6-10,12,14H,2-5,11H2,1H3,(H,24,32)(H,27,30)(H,25,26,28,29). The Kier molecular flexibility index (Phi) is 5.26. The molecule has 0 spiro atoms. The summed E-state index contributed by atoms with van der Waals surface area (Å²) in [5, 5.41) is 10.1. The van der Waals surface area contributed by atoms with Crippen LogP contribution in [0.25, 0.3) is 11.2 Å². The van der Waals surface area contributed by atoms with Crippen molar-refractivity contribution in [2.24, 2.45) is 7.05 Å². The molecule has 1 aliphatic rings. The van der Waals surface area contributed by atoms with Crippen LogP contribution < -0.4 is 10.6 Å². The quantitative estimate of drug-likeness (QED) is 0.428. The van der Waals surface area contributed by atoms with Crippen molar-refractivity contribution in [1.29, 1.82) is 0 Å². The van der Waals surface area contributed by atoms with Crippen molar-refractivity contribution in [3.05, 3.63) is 59.7 Å². The molecular weight excluding hydrogens is 411 g/mol. The van der Waals surface area contributed by atoms with E-state index in [0.717, 1.165) is 18.7 Å². The zero-order valence-corrected chi connectivity index (χ0v) is 17.6. The van der Waals surface area contributed by atoms with Crippen LogP contribution in [0.1, 0.15) is 53.5 Å².